The molecule has 0 amide bonds. The number of hydrogen-bond donors (Lipinski definition) is 2. The van der Waals surface area contributed by atoms with Gasteiger partial charge in [0.25, 0.3) is 0 Å². The zero-order valence-corrected chi connectivity index (χ0v) is 10.4. The Morgan fingerprint density at radius 2 is 2.28 bits per heavy atom. The number of hydrogen-bond acceptors (Lipinski definition) is 5. The van der Waals surface area contributed by atoms with Gasteiger partial charge in [0, 0.05) is 24.2 Å². The molecule has 0 unspecified atom stereocenters. The Hall–Kier alpha value is -1.66. The third kappa shape index (κ3) is 2.04. The smallest absolute Gasteiger partial charge is 0.345 e. The van der Waals surface area contributed by atoms with Crippen LogP contribution >= 0.6 is 12.4 Å². The maximum atomic E-state index is 11.1. The summed E-state index contributed by atoms with van der Waals surface area (Å²) in [7, 11) is 0. The van der Waals surface area contributed by atoms with Gasteiger partial charge in [-0.1, -0.05) is 5.16 Å². The molecule has 0 spiro atoms. The zero-order valence-electron chi connectivity index (χ0n) is 9.55. The van der Waals surface area contributed by atoms with E-state index >= 15 is 0 Å². The van der Waals surface area contributed by atoms with Crippen molar-refractivity contribution in [3.63, 3.8) is 0 Å². The first-order valence-electron chi connectivity index (χ1n) is 5.46. The molecule has 7 heteroatoms. The number of rotatable bonds is 3. The largest absolute Gasteiger partial charge is 0.360 e. The van der Waals surface area contributed by atoms with Crippen LogP contribution in [0.4, 0.5) is 0 Å². The van der Waals surface area contributed by atoms with Crippen molar-refractivity contribution < 1.29 is 4.52 Å². The molecular weight excluding hydrogens is 256 g/mol. The Bertz CT molecular complexity index is 603. The van der Waals surface area contributed by atoms with Gasteiger partial charge in [-0.25, -0.2) is 9.78 Å². The first kappa shape index (κ1) is 12.8. The van der Waals surface area contributed by atoms with Crippen molar-refractivity contribution >= 4 is 12.4 Å². The molecule has 0 aliphatic heterocycles. The zero-order chi connectivity index (χ0) is 11.9. The van der Waals surface area contributed by atoms with Crippen molar-refractivity contribution in [3.8, 4) is 11.4 Å². The molecule has 0 atom stereocenters. The minimum absolute atomic E-state index is 0. The van der Waals surface area contributed by atoms with Crippen LogP contribution < -0.4 is 11.4 Å². The van der Waals surface area contributed by atoms with Crippen LogP contribution in [-0.4, -0.2) is 21.7 Å². The summed E-state index contributed by atoms with van der Waals surface area (Å²) in [6.07, 6.45) is 3.51. The predicted molar refractivity (Wildman–Crippen MR) is 67.6 cm³/mol. The molecule has 2 aromatic rings. The Morgan fingerprint density at radius 1 is 1.50 bits per heavy atom. The lowest BCUT2D eigenvalue weighted by Crippen LogP contribution is -2.18. The number of H-pyrrole nitrogens is 1. The highest BCUT2D eigenvalue weighted by molar-refractivity contribution is 5.85. The Balaban J connectivity index is 0.00000120. The van der Waals surface area contributed by atoms with Gasteiger partial charge in [-0.15, -0.1) is 12.4 Å². The number of halogens is 1. The summed E-state index contributed by atoms with van der Waals surface area (Å²) in [6, 6.07) is 3.52. The molecule has 96 valence electrons. The second kappa shape index (κ2) is 4.55. The molecule has 2 heterocycles. The first-order valence-corrected chi connectivity index (χ1v) is 5.46. The van der Waals surface area contributed by atoms with E-state index in [0.29, 0.717) is 17.9 Å². The van der Waals surface area contributed by atoms with Gasteiger partial charge < -0.3 is 15.2 Å². The van der Waals surface area contributed by atoms with Crippen LogP contribution in [0.15, 0.2) is 27.6 Å². The summed E-state index contributed by atoms with van der Waals surface area (Å²) in [5, 5.41) is 3.95. The van der Waals surface area contributed by atoms with Crippen LogP contribution in [0.3, 0.4) is 0 Å². The van der Waals surface area contributed by atoms with Crippen molar-refractivity contribution in [2.75, 3.05) is 6.54 Å². The van der Waals surface area contributed by atoms with Crippen LogP contribution in [0.25, 0.3) is 11.4 Å². The highest BCUT2D eigenvalue weighted by atomic mass is 35.5. The van der Waals surface area contributed by atoms with Gasteiger partial charge in [-0.3, -0.25) is 0 Å². The summed E-state index contributed by atoms with van der Waals surface area (Å²) in [4.78, 5) is 17.3. The van der Waals surface area contributed by atoms with Crippen LogP contribution in [-0.2, 0) is 5.41 Å². The second-order valence-electron chi connectivity index (χ2n) is 4.35. The van der Waals surface area contributed by atoms with E-state index in [1.54, 1.807) is 6.07 Å². The van der Waals surface area contributed by atoms with Crippen LogP contribution in [0.5, 0.6) is 0 Å². The van der Waals surface area contributed by atoms with E-state index in [-0.39, 0.29) is 17.8 Å². The molecule has 1 aliphatic rings. The highest BCUT2D eigenvalue weighted by Crippen LogP contribution is 2.47. The molecule has 0 bridgehead atoms. The molecular formula is C11H13ClN4O2. The van der Waals surface area contributed by atoms with Crippen molar-refractivity contribution in [2.24, 2.45) is 5.73 Å². The summed E-state index contributed by atoms with van der Waals surface area (Å²) in [6.45, 7) is 0.564. The Morgan fingerprint density at radius 3 is 2.89 bits per heavy atom. The SMILES string of the molecule is Cl.NCC1(c2cc(-c3ccnc(=O)[nH]3)no2)CC1. The van der Waals surface area contributed by atoms with Crippen LogP contribution in [0, 0.1) is 0 Å². The van der Waals surface area contributed by atoms with E-state index in [9.17, 15) is 4.79 Å². The summed E-state index contributed by atoms with van der Waals surface area (Å²) in [5.41, 5.74) is 6.51. The molecule has 0 saturated heterocycles. The fourth-order valence-electron chi connectivity index (χ4n) is 1.87. The number of nitrogens with one attached hydrogen (secondary N) is 1. The van der Waals surface area contributed by atoms with E-state index in [2.05, 4.69) is 15.1 Å². The topological polar surface area (TPSA) is 97.8 Å². The van der Waals surface area contributed by atoms with Gasteiger partial charge >= 0.3 is 5.69 Å². The van der Waals surface area contributed by atoms with Gasteiger partial charge in [-0.05, 0) is 18.9 Å². The number of aromatic nitrogens is 3. The molecule has 0 aromatic carbocycles. The Labute approximate surface area is 109 Å². The number of nitrogens with two attached hydrogens (primary N) is 1. The monoisotopic (exact) mass is 268 g/mol. The maximum absolute atomic E-state index is 11.1. The highest BCUT2D eigenvalue weighted by Gasteiger charge is 2.46. The maximum Gasteiger partial charge on any atom is 0.345 e. The standard InChI is InChI=1S/C11H12N4O2.ClH/c12-6-11(2-3-11)9-5-8(15-17-9)7-1-4-13-10(16)14-7;/h1,4-5H,2-3,6,12H2,(H,13,14,16);1H. The minimum Gasteiger partial charge on any atom is -0.360 e. The molecule has 1 aliphatic carbocycles. The fourth-order valence-corrected chi connectivity index (χ4v) is 1.87. The molecule has 6 nitrogen and oxygen atoms in total. The first-order chi connectivity index (χ1) is 8.23. The third-order valence-electron chi connectivity index (χ3n) is 3.23. The van der Waals surface area contributed by atoms with Crippen LogP contribution in [0.2, 0.25) is 0 Å². The van der Waals surface area contributed by atoms with E-state index in [1.165, 1.54) is 6.20 Å². The summed E-state index contributed by atoms with van der Waals surface area (Å²) < 4.78 is 5.30. The van der Waals surface area contributed by atoms with Gasteiger partial charge in [0.1, 0.15) is 11.5 Å². The molecule has 1 fully saturated rings. The third-order valence-corrected chi connectivity index (χ3v) is 3.23. The van der Waals surface area contributed by atoms with Gasteiger partial charge in [0.05, 0.1) is 5.69 Å². The predicted octanol–water partition coefficient (Wildman–Crippen LogP) is 0.837. The van der Waals surface area contributed by atoms with Crippen molar-refractivity contribution in [1.29, 1.82) is 0 Å². The molecule has 0 radical (unpaired) electrons. The lowest BCUT2D eigenvalue weighted by Gasteiger charge is -2.04. The normalized spacial score (nSPS) is 16.1. The Kier molecular flexibility index (Phi) is 3.23. The van der Waals surface area contributed by atoms with Crippen LogP contribution in [0.1, 0.15) is 18.6 Å². The molecule has 3 N–H and O–H groups in total. The fraction of sp³-hybridized carbons (Fsp3) is 0.364. The molecule has 2 aromatic heterocycles. The minimum atomic E-state index is -0.396. The number of aromatic amines is 1. The quantitative estimate of drug-likeness (QED) is 0.859. The van der Waals surface area contributed by atoms with Gasteiger partial charge in [-0.2, -0.15) is 0 Å². The van der Waals surface area contributed by atoms with Crippen molar-refractivity contribution in [2.45, 2.75) is 18.3 Å². The van der Waals surface area contributed by atoms with Gasteiger partial charge in [0.2, 0.25) is 0 Å². The second-order valence-corrected chi connectivity index (χ2v) is 4.35. The van der Waals surface area contributed by atoms with E-state index in [0.717, 1.165) is 18.6 Å². The summed E-state index contributed by atoms with van der Waals surface area (Å²) >= 11 is 0. The lowest BCUT2D eigenvalue weighted by atomic mass is 10.0. The summed E-state index contributed by atoms with van der Waals surface area (Å²) in [5.74, 6) is 0.799. The molecule has 1 saturated carbocycles. The van der Waals surface area contributed by atoms with Crippen molar-refractivity contribution in [3.05, 3.63) is 34.6 Å². The average Bonchev–Trinajstić information content (AvgIpc) is 2.99. The van der Waals surface area contributed by atoms with E-state index < -0.39 is 5.69 Å². The molecule has 3 rings (SSSR count). The lowest BCUT2D eigenvalue weighted by molar-refractivity contribution is 0.355. The average molecular weight is 269 g/mol. The van der Waals surface area contributed by atoms with E-state index in [4.69, 9.17) is 10.3 Å². The van der Waals surface area contributed by atoms with E-state index in [1.807, 2.05) is 6.07 Å². The van der Waals surface area contributed by atoms with Gasteiger partial charge in [0.15, 0.2) is 0 Å². The van der Waals surface area contributed by atoms with Crippen molar-refractivity contribution in [1.82, 2.24) is 15.1 Å². The molecule has 18 heavy (non-hydrogen) atoms. The number of nitrogens with zero attached hydrogens (tertiary/aromatic N) is 2.